The zero-order chi connectivity index (χ0) is 10.7. The topological polar surface area (TPSA) is 52.3 Å². The van der Waals surface area contributed by atoms with Crippen molar-refractivity contribution in [3.63, 3.8) is 0 Å². The average molecular weight is 295 g/mol. The summed E-state index contributed by atoms with van der Waals surface area (Å²) in [5.41, 5.74) is 7.48. The van der Waals surface area contributed by atoms with Gasteiger partial charge >= 0.3 is 5.97 Å². The molecule has 0 fully saturated rings. The second kappa shape index (κ2) is 6.10. The minimum absolute atomic E-state index is 0. The zero-order valence-electron chi connectivity index (χ0n) is 8.49. The number of aryl methyl sites for hydroxylation is 1. The molecule has 1 atom stereocenters. The van der Waals surface area contributed by atoms with Crippen LogP contribution in [0.5, 0.6) is 0 Å². The van der Waals surface area contributed by atoms with Gasteiger partial charge in [-0.25, -0.2) is 0 Å². The first-order valence-electron chi connectivity index (χ1n) is 4.15. The number of ether oxygens (including phenoxy) is 1. The average Bonchev–Trinajstić information content (AvgIpc) is 2.19. The van der Waals surface area contributed by atoms with E-state index in [2.05, 4.69) is 20.7 Å². The SMILES string of the molecule is COC(=O)[C@@H](N)c1cc(Br)ccc1C.Cl. The van der Waals surface area contributed by atoms with Crippen LogP contribution in [0, 0.1) is 6.92 Å². The van der Waals surface area contributed by atoms with Gasteiger partial charge in [-0.3, -0.25) is 4.79 Å². The molecule has 0 saturated carbocycles. The van der Waals surface area contributed by atoms with Crippen LogP contribution in [0.4, 0.5) is 0 Å². The Morgan fingerprint density at radius 2 is 2.13 bits per heavy atom. The third-order valence-corrected chi connectivity index (χ3v) is 2.52. The summed E-state index contributed by atoms with van der Waals surface area (Å²) >= 11 is 3.33. The quantitative estimate of drug-likeness (QED) is 0.852. The van der Waals surface area contributed by atoms with Crippen molar-refractivity contribution < 1.29 is 9.53 Å². The van der Waals surface area contributed by atoms with Crippen LogP contribution < -0.4 is 5.73 Å². The molecule has 1 rings (SSSR count). The number of halogens is 2. The lowest BCUT2D eigenvalue weighted by Gasteiger charge is -2.12. The second-order valence-electron chi connectivity index (χ2n) is 3.00. The Labute approximate surface area is 104 Å². The van der Waals surface area contributed by atoms with Crippen molar-refractivity contribution >= 4 is 34.3 Å². The number of carbonyl (C=O) groups is 1. The van der Waals surface area contributed by atoms with Crippen LogP contribution in [0.25, 0.3) is 0 Å². The maximum atomic E-state index is 11.2. The van der Waals surface area contributed by atoms with Crippen LogP contribution in [-0.4, -0.2) is 13.1 Å². The highest BCUT2D eigenvalue weighted by molar-refractivity contribution is 9.10. The lowest BCUT2D eigenvalue weighted by molar-refractivity contribution is -0.142. The van der Waals surface area contributed by atoms with Gasteiger partial charge in [0, 0.05) is 4.47 Å². The Bertz CT molecular complexity index is 357. The van der Waals surface area contributed by atoms with Crippen molar-refractivity contribution in [1.82, 2.24) is 0 Å². The molecule has 0 amide bonds. The van der Waals surface area contributed by atoms with E-state index in [4.69, 9.17) is 5.73 Å². The molecule has 0 bridgehead atoms. The summed E-state index contributed by atoms with van der Waals surface area (Å²) in [6.07, 6.45) is 0. The molecule has 0 radical (unpaired) electrons. The first-order chi connectivity index (χ1) is 6.56. The van der Waals surface area contributed by atoms with Crippen molar-refractivity contribution in [2.24, 2.45) is 5.73 Å². The Kier molecular flexibility index (Phi) is 5.87. The third-order valence-electron chi connectivity index (χ3n) is 2.03. The fraction of sp³-hybridized carbons (Fsp3) is 0.300. The maximum Gasteiger partial charge on any atom is 0.327 e. The predicted molar refractivity (Wildman–Crippen MR) is 65.1 cm³/mol. The van der Waals surface area contributed by atoms with Gasteiger partial charge in [-0.2, -0.15) is 0 Å². The standard InChI is InChI=1S/C10H12BrNO2.ClH/c1-6-3-4-7(11)5-8(6)9(12)10(13)14-2;/h3-5,9H,12H2,1-2H3;1H/t9-;/m0./s1. The zero-order valence-corrected chi connectivity index (χ0v) is 10.9. The van der Waals surface area contributed by atoms with Gasteiger partial charge in [0.15, 0.2) is 0 Å². The lowest BCUT2D eigenvalue weighted by atomic mass is 10.0. The molecule has 0 aliphatic rings. The van der Waals surface area contributed by atoms with E-state index >= 15 is 0 Å². The van der Waals surface area contributed by atoms with Gasteiger partial charge < -0.3 is 10.5 Å². The molecule has 3 nitrogen and oxygen atoms in total. The number of carbonyl (C=O) groups excluding carboxylic acids is 1. The van der Waals surface area contributed by atoms with E-state index in [-0.39, 0.29) is 12.4 Å². The molecule has 15 heavy (non-hydrogen) atoms. The van der Waals surface area contributed by atoms with Gasteiger partial charge in [0.25, 0.3) is 0 Å². The van der Waals surface area contributed by atoms with Crippen molar-refractivity contribution in [3.8, 4) is 0 Å². The Balaban J connectivity index is 0.00000196. The fourth-order valence-corrected chi connectivity index (χ4v) is 1.58. The van der Waals surface area contributed by atoms with E-state index in [0.717, 1.165) is 15.6 Å². The van der Waals surface area contributed by atoms with Crippen molar-refractivity contribution in [2.75, 3.05) is 7.11 Å². The predicted octanol–water partition coefficient (Wildman–Crippen LogP) is 2.35. The van der Waals surface area contributed by atoms with Crippen LogP contribution in [0.1, 0.15) is 17.2 Å². The number of hydrogen-bond donors (Lipinski definition) is 1. The molecule has 84 valence electrons. The summed E-state index contributed by atoms with van der Waals surface area (Å²) in [5, 5.41) is 0. The third kappa shape index (κ3) is 3.48. The molecule has 1 aromatic carbocycles. The lowest BCUT2D eigenvalue weighted by Crippen LogP contribution is -2.23. The molecule has 0 aliphatic carbocycles. The summed E-state index contributed by atoms with van der Waals surface area (Å²) in [6.45, 7) is 1.91. The van der Waals surface area contributed by atoms with Gasteiger partial charge in [-0.05, 0) is 30.2 Å². The minimum Gasteiger partial charge on any atom is -0.468 e. The van der Waals surface area contributed by atoms with Crippen LogP contribution in [0.15, 0.2) is 22.7 Å². The van der Waals surface area contributed by atoms with Crippen LogP contribution >= 0.6 is 28.3 Å². The highest BCUT2D eigenvalue weighted by atomic mass is 79.9. The number of hydrogen-bond acceptors (Lipinski definition) is 3. The molecule has 5 heteroatoms. The smallest absolute Gasteiger partial charge is 0.327 e. The first kappa shape index (κ1) is 14.4. The van der Waals surface area contributed by atoms with E-state index in [9.17, 15) is 4.79 Å². The number of benzene rings is 1. The van der Waals surface area contributed by atoms with Gasteiger partial charge in [0.05, 0.1) is 7.11 Å². The van der Waals surface area contributed by atoms with E-state index < -0.39 is 12.0 Å². The Morgan fingerprint density at radius 3 is 2.67 bits per heavy atom. The van der Waals surface area contributed by atoms with Crippen LogP contribution in [0.3, 0.4) is 0 Å². The van der Waals surface area contributed by atoms with Gasteiger partial charge in [0.1, 0.15) is 6.04 Å². The Hall–Kier alpha value is -0.580. The van der Waals surface area contributed by atoms with Crippen molar-refractivity contribution in [2.45, 2.75) is 13.0 Å². The molecule has 0 saturated heterocycles. The summed E-state index contributed by atoms with van der Waals surface area (Å²) in [7, 11) is 1.33. The number of methoxy groups -OCH3 is 1. The first-order valence-corrected chi connectivity index (χ1v) is 4.95. The van der Waals surface area contributed by atoms with E-state index in [0.29, 0.717) is 0 Å². The van der Waals surface area contributed by atoms with E-state index in [1.54, 1.807) is 0 Å². The summed E-state index contributed by atoms with van der Waals surface area (Å²) < 4.78 is 5.48. The molecule has 0 aliphatic heterocycles. The summed E-state index contributed by atoms with van der Waals surface area (Å²) in [6, 6.07) is 4.93. The fourth-order valence-electron chi connectivity index (χ4n) is 1.20. The van der Waals surface area contributed by atoms with Crippen molar-refractivity contribution in [3.05, 3.63) is 33.8 Å². The highest BCUT2D eigenvalue weighted by Gasteiger charge is 2.18. The van der Waals surface area contributed by atoms with E-state index in [1.165, 1.54) is 7.11 Å². The van der Waals surface area contributed by atoms with Crippen molar-refractivity contribution in [1.29, 1.82) is 0 Å². The largest absolute Gasteiger partial charge is 0.468 e. The summed E-state index contributed by atoms with van der Waals surface area (Å²) in [5.74, 6) is -0.425. The normalized spacial score (nSPS) is 11.5. The van der Waals surface area contributed by atoms with Gasteiger partial charge in [0.2, 0.25) is 0 Å². The van der Waals surface area contributed by atoms with E-state index in [1.807, 2.05) is 25.1 Å². The van der Waals surface area contributed by atoms with Gasteiger partial charge in [-0.15, -0.1) is 12.4 Å². The molecule has 2 N–H and O–H groups in total. The number of rotatable bonds is 2. The maximum absolute atomic E-state index is 11.2. The van der Waals surface area contributed by atoms with Crippen LogP contribution in [0.2, 0.25) is 0 Å². The molecular weight excluding hydrogens is 281 g/mol. The molecule has 0 heterocycles. The van der Waals surface area contributed by atoms with Gasteiger partial charge in [-0.1, -0.05) is 22.0 Å². The molecular formula is C10H13BrClNO2. The summed E-state index contributed by atoms with van der Waals surface area (Å²) in [4.78, 5) is 11.2. The molecule has 0 unspecified atom stereocenters. The number of nitrogens with two attached hydrogens (primary N) is 1. The second-order valence-corrected chi connectivity index (χ2v) is 3.92. The highest BCUT2D eigenvalue weighted by Crippen LogP contribution is 2.21. The van der Waals surface area contributed by atoms with Crippen LogP contribution in [-0.2, 0) is 9.53 Å². The molecule has 0 spiro atoms. The molecule has 0 aromatic heterocycles. The molecule has 1 aromatic rings. The monoisotopic (exact) mass is 293 g/mol. The Morgan fingerprint density at radius 1 is 1.53 bits per heavy atom. The minimum atomic E-state index is -0.711. The number of esters is 1.